The first-order valence-corrected chi connectivity index (χ1v) is 10.2. The fraction of sp³-hybridized carbons (Fsp3) is 0.417. The summed E-state index contributed by atoms with van der Waals surface area (Å²) in [6, 6.07) is 14.9. The van der Waals surface area contributed by atoms with Crippen LogP contribution in [0.5, 0.6) is 5.75 Å². The number of carbonyl (C=O) groups is 2. The lowest BCUT2D eigenvalue weighted by Crippen LogP contribution is -2.49. The Labute approximate surface area is 174 Å². The average molecular weight is 397 g/mol. The van der Waals surface area contributed by atoms with Crippen molar-refractivity contribution in [2.75, 3.05) is 13.2 Å². The number of hydrogen-bond acceptors (Lipinski definition) is 3. The first-order valence-electron chi connectivity index (χ1n) is 10.2. The van der Waals surface area contributed by atoms with E-state index in [1.54, 1.807) is 11.8 Å². The maximum Gasteiger partial charge on any atom is 0.261 e. The highest BCUT2D eigenvalue weighted by molar-refractivity contribution is 5.87. The van der Waals surface area contributed by atoms with Crippen LogP contribution in [0.2, 0.25) is 0 Å². The Morgan fingerprint density at radius 1 is 1.07 bits per heavy atom. The first kappa shape index (κ1) is 22.5. The Hall–Kier alpha value is -2.82. The van der Waals surface area contributed by atoms with Gasteiger partial charge in [0.25, 0.3) is 5.91 Å². The number of rotatable bonds is 10. The average Bonchev–Trinajstić information content (AvgIpc) is 2.73. The van der Waals surface area contributed by atoms with E-state index in [1.807, 2.05) is 62.4 Å². The van der Waals surface area contributed by atoms with Gasteiger partial charge in [0, 0.05) is 13.1 Å². The van der Waals surface area contributed by atoms with Crippen molar-refractivity contribution in [1.29, 1.82) is 0 Å². The molecule has 5 nitrogen and oxygen atoms in total. The normalized spacial score (nSPS) is 11.6. The van der Waals surface area contributed by atoms with E-state index in [2.05, 4.69) is 12.2 Å². The molecule has 0 aromatic heterocycles. The van der Waals surface area contributed by atoms with E-state index in [4.69, 9.17) is 4.74 Å². The molecular formula is C24H32N2O3. The van der Waals surface area contributed by atoms with Crippen molar-refractivity contribution in [1.82, 2.24) is 10.2 Å². The van der Waals surface area contributed by atoms with Gasteiger partial charge in [-0.25, -0.2) is 0 Å². The van der Waals surface area contributed by atoms with E-state index in [9.17, 15) is 9.59 Å². The van der Waals surface area contributed by atoms with Crippen LogP contribution in [0.25, 0.3) is 0 Å². The molecule has 5 heteroatoms. The second-order valence-corrected chi connectivity index (χ2v) is 7.31. The van der Waals surface area contributed by atoms with Crippen LogP contribution in [0.3, 0.4) is 0 Å². The number of amides is 2. The number of nitrogens with zero attached hydrogens (tertiary/aromatic N) is 1. The lowest BCUT2D eigenvalue weighted by Gasteiger charge is -2.29. The van der Waals surface area contributed by atoms with E-state index in [0.29, 0.717) is 18.8 Å². The first-order chi connectivity index (χ1) is 13.9. The quantitative estimate of drug-likeness (QED) is 0.617. The second-order valence-electron chi connectivity index (χ2n) is 7.31. The van der Waals surface area contributed by atoms with Gasteiger partial charge in [0.2, 0.25) is 5.91 Å². The van der Waals surface area contributed by atoms with Crippen molar-refractivity contribution in [3.63, 3.8) is 0 Å². The summed E-state index contributed by atoms with van der Waals surface area (Å²) < 4.78 is 5.80. The zero-order valence-electron chi connectivity index (χ0n) is 17.9. The molecule has 0 saturated heterocycles. The van der Waals surface area contributed by atoms with Gasteiger partial charge in [0.1, 0.15) is 11.8 Å². The van der Waals surface area contributed by atoms with Gasteiger partial charge in [-0.2, -0.15) is 0 Å². The minimum Gasteiger partial charge on any atom is -0.483 e. The predicted octanol–water partition coefficient (Wildman–Crippen LogP) is 4.02. The molecule has 0 heterocycles. The summed E-state index contributed by atoms with van der Waals surface area (Å²) in [7, 11) is 0. The molecule has 0 aliphatic heterocycles. The largest absolute Gasteiger partial charge is 0.483 e. The molecule has 0 spiro atoms. The van der Waals surface area contributed by atoms with Gasteiger partial charge < -0.3 is 15.0 Å². The summed E-state index contributed by atoms with van der Waals surface area (Å²) in [6.45, 7) is 8.69. The fourth-order valence-corrected chi connectivity index (χ4v) is 3.00. The number of nitrogens with one attached hydrogen (secondary N) is 1. The molecular weight excluding hydrogens is 364 g/mol. The standard InChI is InChI=1S/C24H32N2O3/c1-5-6-15-25-24(28)20(4)26(16-21-12-8-7-9-13-21)23(27)17-29-22-14-10-11-18(2)19(22)3/h7-14,20H,5-6,15-17H2,1-4H3,(H,25,28). The van der Waals surface area contributed by atoms with Crippen LogP contribution >= 0.6 is 0 Å². The van der Waals surface area contributed by atoms with Crippen molar-refractivity contribution < 1.29 is 14.3 Å². The van der Waals surface area contributed by atoms with E-state index in [-0.39, 0.29) is 18.4 Å². The third-order valence-corrected chi connectivity index (χ3v) is 5.10. The van der Waals surface area contributed by atoms with Crippen LogP contribution in [-0.4, -0.2) is 35.9 Å². The molecule has 0 bridgehead atoms. The van der Waals surface area contributed by atoms with Crippen molar-refractivity contribution in [2.45, 2.75) is 53.1 Å². The van der Waals surface area contributed by atoms with Gasteiger partial charge in [0.15, 0.2) is 6.61 Å². The van der Waals surface area contributed by atoms with Crippen LogP contribution in [-0.2, 0) is 16.1 Å². The fourth-order valence-electron chi connectivity index (χ4n) is 3.00. The molecule has 29 heavy (non-hydrogen) atoms. The van der Waals surface area contributed by atoms with Crippen molar-refractivity contribution in [3.8, 4) is 5.75 Å². The summed E-state index contributed by atoms with van der Waals surface area (Å²) in [6.07, 6.45) is 1.92. The third-order valence-electron chi connectivity index (χ3n) is 5.10. The molecule has 2 aromatic carbocycles. The van der Waals surface area contributed by atoms with Crippen molar-refractivity contribution in [2.24, 2.45) is 0 Å². The van der Waals surface area contributed by atoms with E-state index >= 15 is 0 Å². The second kappa shape index (κ2) is 11.2. The maximum absolute atomic E-state index is 13.0. The van der Waals surface area contributed by atoms with Gasteiger partial charge >= 0.3 is 0 Å². The highest BCUT2D eigenvalue weighted by Gasteiger charge is 2.26. The number of benzene rings is 2. The van der Waals surface area contributed by atoms with Crippen LogP contribution in [0.15, 0.2) is 48.5 Å². The molecule has 156 valence electrons. The summed E-state index contributed by atoms with van der Waals surface area (Å²) in [5.41, 5.74) is 3.10. The van der Waals surface area contributed by atoms with E-state index in [1.165, 1.54) is 0 Å². The zero-order valence-corrected chi connectivity index (χ0v) is 17.9. The molecule has 0 aliphatic carbocycles. The Kier molecular flexibility index (Phi) is 8.71. The van der Waals surface area contributed by atoms with Crippen LogP contribution < -0.4 is 10.1 Å². The molecule has 0 saturated carbocycles. The van der Waals surface area contributed by atoms with E-state index in [0.717, 1.165) is 29.5 Å². The van der Waals surface area contributed by atoms with Crippen molar-refractivity contribution in [3.05, 3.63) is 65.2 Å². The number of unbranched alkanes of at least 4 members (excludes halogenated alkanes) is 1. The van der Waals surface area contributed by atoms with Crippen molar-refractivity contribution >= 4 is 11.8 Å². The van der Waals surface area contributed by atoms with E-state index < -0.39 is 6.04 Å². The molecule has 1 unspecified atom stereocenters. The molecule has 2 rings (SSSR count). The molecule has 1 atom stereocenters. The SMILES string of the molecule is CCCCNC(=O)C(C)N(Cc1ccccc1)C(=O)COc1cccc(C)c1C. The summed E-state index contributed by atoms with van der Waals surface area (Å²) in [4.78, 5) is 27.2. The Balaban J connectivity index is 2.11. The van der Waals surface area contributed by atoms with Gasteiger partial charge in [-0.05, 0) is 49.9 Å². The van der Waals surface area contributed by atoms with Gasteiger partial charge in [-0.3, -0.25) is 9.59 Å². The lowest BCUT2D eigenvalue weighted by atomic mass is 10.1. The number of ether oxygens (including phenoxy) is 1. The van der Waals surface area contributed by atoms with Gasteiger partial charge in [0.05, 0.1) is 0 Å². The Morgan fingerprint density at radius 2 is 1.79 bits per heavy atom. The number of aryl methyl sites for hydroxylation is 1. The molecule has 0 radical (unpaired) electrons. The number of hydrogen-bond donors (Lipinski definition) is 1. The zero-order chi connectivity index (χ0) is 21.2. The van der Waals surface area contributed by atoms with Gasteiger partial charge in [-0.15, -0.1) is 0 Å². The predicted molar refractivity (Wildman–Crippen MR) is 116 cm³/mol. The molecule has 1 N–H and O–H groups in total. The van der Waals surface area contributed by atoms with Crippen LogP contribution in [0.1, 0.15) is 43.4 Å². The smallest absolute Gasteiger partial charge is 0.261 e. The minimum absolute atomic E-state index is 0.107. The van der Waals surface area contributed by atoms with Crippen LogP contribution in [0.4, 0.5) is 0 Å². The highest BCUT2D eigenvalue weighted by atomic mass is 16.5. The minimum atomic E-state index is -0.582. The Bertz CT molecular complexity index is 805. The third kappa shape index (κ3) is 6.63. The maximum atomic E-state index is 13.0. The topological polar surface area (TPSA) is 58.6 Å². The number of carbonyl (C=O) groups excluding carboxylic acids is 2. The highest BCUT2D eigenvalue weighted by Crippen LogP contribution is 2.21. The molecule has 0 fully saturated rings. The molecule has 2 aromatic rings. The summed E-state index contributed by atoms with van der Waals surface area (Å²) >= 11 is 0. The summed E-state index contributed by atoms with van der Waals surface area (Å²) in [5, 5.41) is 2.92. The van der Waals surface area contributed by atoms with Crippen LogP contribution in [0, 0.1) is 13.8 Å². The molecule has 2 amide bonds. The molecule has 0 aliphatic rings. The monoisotopic (exact) mass is 396 g/mol. The lowest BCUT2D eigenvalue weighted by molar-refractivity contribution is -0.142. The Morgan fingerprint density at radius 3 is 2.48 bits per heavy atom. The summed E-state index contributed by atoms with van der Waals surface area (Å²) in [5.74, 6) is 0.334. The van der Waals surface area contributed by atoms with Gasteiger partial charge in [-0.1, -0.05) is 55.8 Å².